The van der Waals surface area contributed by atoms with E-state index in [4.69, 9.17) is 16.3 Å². The maximum absolute atomic E-state index is 12.3. The molecule has 0 unspecified atom stereocenters. The molecule has 0 aliphatic heterocycles. The van der Waals surface area contributed by atoms with Crippen molar-refractivity contribution in [2.45, 2.75) is 6.61 Å². The molecule has 0 spiro atoms. The molecule has 0 saturated heterocycles. The molecule has 4 aromatic rings. The highest BCUT2D eigenvalue weighted by atomic mass is 35.5. The number of amides is 1. The van der Waals surface area contributed by atoms with Crippen LogP contribution in [0.15, 0.2) is 79.3 Å². The number of rotatable bonds is 6. The molecule has 144 valence electrons. The molecule has 0 atom stereocenters. The predicted octanol–water partition coefficient (Wildman–Crippen LogP) is 4.61. The number of imidazole rings is 1. The van der Waals surface area contributed by atoms with Gasteiger partial charge in [0.15, 0.2) is 5.15 Å². The van der Waals surface area contributed by atoms with Crippen LogP contribution in [0.3, 0.4) is 0 Å². The van der Waals surface area contributed by atoms with E-state index in [0.717, 1.165) is 11.2 Å². The van der Waals surface area contributed by atoms with Gasteiger partial charge in [0.2, 0.25) is 5.91 Å². The summed E-state index contributed by atoms with van der Waals surface area (Å²) in [6, 6.07) is 16.6. The van der Waals surface area contributed by atoms with Crippen LogP contribution in [0.5, 0.6) is 5.75 Å². The summed E-state index contributed by atoms with van der Waals surface area (Å²) < 4.78 is 7.58. The van der Waals surface area contributed by atoms with Gasteiger partial charge in [-0.3, -0.25) is 14.2 Å². The number of nitrogens with zero attached hydrogens (tertiary/aromatic N) is 3. The van der Waals surface area contributed by atoms with Crippen molar-refractivity contribution >= 4 is 34.9 Å². The van der Waals surface area contributed by atoms with Gasteiger partial charge in [0, 0.05) is 42.0 Å². The van der Waals surface area contributed by atoms with E-state index in [1.54, 1.807) is 30.6 Å². The van der Waals surface area contributed by atoms with Gasteiger partial charge in [0.25, 0.3) is 0 Å². The summed E-state index contributed by atoms with van der Waals surface area (Å²) in [6.07, 6.45) is 8.37. The second kappa shape index (κ2) is 8.58. The molecule has 1 aromatic carbocycles. The van der Waals surface area contributed by atoms with Gasteiger partial charge in [-0.05, 0) is 36.4 Å². The third kappa shape index (κ3) is 4.62. The van der Waals surface area contributed by atoms with Crippen molar-refractivity contribution in [3.63, 3.8) is 0 Å². The van der Waals surface area contributed by atoms with E-state index in [1.165, 1.54) is 6.08 Å². The molecular formula is C22H17ClN4O2. The quantitative estimate of drug-likeness (QED) is 0.476. The fraction of sp³-hybridized carbons (Fsp3) is 0.0455. The second-order valence-corrected chi connectivity index (χ2v) is 6.58. The van der Waals surface area contributed by atoms with E-state index in [1.807, 2.05) is 53.1 Å². The van der Waals surface area contributed by atoms with Crippen molar-refractivity contribution < 1.29 is 9.53 Å². The van der Waals surface area contributed by atoms with Crippen LogP contribution in [0.25, 0.3) is 11.7 Å². The molecule has 7 heteroatoms. The lowest BCUT2D eigenvalue weighted by Gasteiger charge is -2.08. The summed E-state index contributed by atoms with van der Waals surface area (Å²) in [5, 5.41) is 3.16. The van der Waals surface area contributed by atoms with Crippen LogP contribution in [0, 0.1) is 0 Å². The van der Waals surface area contributed by atoms with Crippen LogP contribution in [-0.2, 0) is 11.4 Å². The summed E-state index contributed by atoms with van der Waals surface area (Å²) >= 11 is 6.18. The Balaban J connectivity index is 1.41. The molecule has 3 heterocycles. The lowest BCUT2D eigenvalue weighted by Crippen LogP contribution is -2.08. The highest BCUT2D eigenvalue weighted by molar-refractivity contribution is 6.31. The highest BCUT2D eigenvalue weighted by Gasteiger charge is 2.07. The van der Waals surface area contributed by atoms with Gasteiger partial charge >= 0.3 is 0 Å². The first kappa shape index (κ1) is 18.7. The minimum atomic E-state index is -0.281. The van der Waals surface area contributed by atoms with E-state index >= 15 is 0 Å². The standard InChI is InChI=1S/C22H17ClN4O2/c23-22-19(27-12-2-1-8-20(27)26-22)9-10-21(28)25-17-6-3-7-18(13-17)29-15-16-5-4-11-24-14-16/h1-14H,15H2,(H,25,28)/b10-9+. The fourth-order valence-corrected chi connectivity index (χ4v) is 3.03. The molecule has 0 fully saturated rings. The Morgan fingerprint density at radius 1 is 1.17 bits per heavy atom. The average molecular weight is 405 g/mol. The van der Waals surface area contributed by atoms with E-state index < -0.39 is 0 Å². The zero-order chi connectivity index (χ0) is 20.1. The number of anilines is 1. The molecule has 1 amide bonds. The van der Waals surface area contributed by atoms with Crippen LogP contribution in [-0.4, -0.2) is 20.3 Å². The molecule has 0 saturated carbocycles. The van der Waals surface area contributed by atoms with E-state index in [2.05, 4.69) is 15.3 Å². The summed E-state index contributed by atoms with van der Waals surface area (Å²) in [5.74, 6) is 0.372. The second-order valence-electron chi connectivity index (χ2n) is 6.22. The van der Waals surface area contributed by atoms with Gasteiger partial charge < -0.3 is 10.1 Å². The minimum Gasteiger partial charge on any atom is -0.489 e. The lowest BCUT2D eigenvalue weighted by atomic mass is 10.3. The predicted molar refractivity (Wildman–Crippen MR) is 113 cm³/mol. The number of nitrogens with one attached hydrogen (secondary N) is 1. The van der Waals surface area contributed by atoms with Crippen molar-refractivity contribution in [3.05, 3.63) is 95.7 Å². The Hall–Kier alpha value is -3.64. The molecular weight excluding hydrogens is 388 g/mol. The topological polar surface area (TPSA) is 68.5 Å². The van der Waals surface area contributed by atoms with E-state index in [9.17, 15) is 4.79 Å². The number of benzene rings is 1. The lowest BCUT2D eigenvalue weighted by molar-refractivity contribution is -0.111. The Bertz CT molecular complexity index is 1170. The van der Waals surface area contributed by atoms with Gasteiger partial charge in [-0.25, -0.2) is 4.98 Å². The molecule has 1 N–H and O–H groups in total. The smallest absolute Gasteiger partial charge is 0.248 e. The first-order valence-corrected chi connectivity index (χ1v) is 9.30. The highest BCUT2D eigenvalue weighted by Crippen LogP contribution is 2.20. The van der Waals surface area contributed by atoms with Crippen molar-refractivity contribution in [1.82, 2.24) is 14.4 Å². The Kier molecular flexibility index (Phi) is 5.54. The number of fused-ring (bicyclic) bond motifs is 1. The van der Waals surface area contributed by atoms with Crippen molar-refractivity contribution in [2.75, 3.05) is 5.32 Å². The summed E-state index contributed by atoms with van der Waals surface area (Å²) in [7, 11) is 0. The van der Waals surface area contributed by atoms with Gasteiger partial charge in [-0.2, -0.15) is 0 Å². The number of ether oxygens (including phenoxy) is 1. The number of carbonyl (C=O) groups is 1. The molecule has 0 radical (unpaired) electrons. The van der Waals surface area contributed by atoms with Gasteiger partial charge in [0.1, 0.15) is 18.0 Å². The molecule has 0 aliphatic rings. The first-order chi connectivity index (χ1) is 14.2. The Morgan fingerprint density at radius 2 is 2.10 bits per heavy atom. The molecule has 29 heavy (non-hydrogen) atoms. The number of halogens is 1. The van der Waals surface area contributed by atoms with Gasteiger partial charge in [0.05, 0.1) is 5.69 Å². The van der Waals surface area contributed by atoms with Crippen LogP contribution in [0.4, 0.5) is 5.69 Å². The summed E-state index contributed by atoms with van der Waals surface area (Å²) in [4.78, 5) is 20.6. The monoisotopic (exact) mass is 404 g/mol. The van der Waals surface area contributed by atoms with Crippen molar-refractivity contribution in [1.29, 1.82) is 0 Å². The Morgan fingerprint density at radius 3 is 2.97 bits per heavy atom. The molecule has 6 nitrogen and oxygen atoms in total. The SMILES string of the molecule is O=C(/C=C/c1c(Cl)nc2ccccn12)Nc1cccc(OCc2cccnc2)c1. The molecule has 3 aromatic heterocycles. The van der Waals surface area contributed by atoms with Gasteiger partial charge in [-0.1, -0.05) is 29.8 Å². The largest absolute Gasteiger partial charge is 0.489 e. The molecule has 0 aliphatic carbocycles. The number of aromatic nitrogens is 3. The maximum Gasteiger partial charge on any atom is 0.248 e. The number of hydrogen-bond donors (Lipinski definition) is 1. The van der Waals surface area contributed by atoms with E-state index in [0.29, 0.717) is 28.9 Å². The number of hydrogen-bond acceptors (Lipinski definition) is 4. The summed E-state index contributed by atoms with van der Waals surface area (Å²) in [6.45, 7) is 0.401. The molecule has 0 bridgehead atoms. The van der Waals surface area contributed by atoms with Crippen LogP contribution in [0.2, 0.25) is 5.15 Å². The average Bonchev–Trinajstić information content (AvgIpc) is 3.07. The number of carbonyl (C=O) groups excluding carboxylic acids is 1. The number of pyridine rings is 2. The van der Waals surface area contributed by atoms with E-state index in [-0.39, 0.29) is 5.91 Å². The van der Waals surface area contributed by atoms with Crippen molar-refractivity contribution in [3.8, 4) is 5.75 Å². The van der Waals surface area contributed by atoms with Crippen LogP contribution < -0.4 is 10.1 Å². The molecule has 4 rings (SSSR count). The fourth-order valence-electron chi connectivity index (χ4n) is 2.79. The third-order valence-electron chi connectivity index (χ3n) is 4.14. The van der Waals surface area contributed by atoms with Crippen LogP contribution in [0.1, 0.15) is 11.3 Å². The normalized spacial score (nSPS) is 11.1. The van der Waals surface area contributed by atoms with Gasteiger partial charge in [-0.15, -0.1) is 0 Å². The third-order valence-corrected chi connectivity index (χ3v) is 4.42. The zero-order valence-electron chi connectivity index (χ0n) is 15.3. The minimum absolute atomic E-state index is 0.281. The maximum atomic E-state index is 12.3. The Labute approximate surface area is 172 Å². The van der Waals surface area contributed by atoms with Crippen molar-refractivity contribution in [2.24, 2.45) is 0 Å². The first-order valence-electron chi connectivity index (χ1n) is 8.92. The zero-order valence-corrected chi connectivity index (χ0v) is 16.1. The van der Waals surface area contributed by atoms with Crippen LogP contribution >= 0.6 is 11.6 Å². The summed E-state index contributed by atoms with van der Waals surface area (Å²) in [5.41, 5.74) is 2.96.